The molecular weight excluding hydrogens is 178 g/mol. The molecule has 0 unspecified atom stereocenters. The Kier molecular flexibility index (Phi) is 3.69. The topological polar surface area (TPSA) is 71.1 Å². The van der Waals surface area contributed by atoms with Crippen molar-refractivity contribution in [2.75, 3.05) is 12.6 Å². The molecule has 0 aliphatic rings. The van der Waals surface area contributed by atoms with E-state index in [4.69, 9.17) is 16.0 Å². The van der Waals surface area contributed by atoms with Gasteiger partial charge in [0, 0.05) is 18.0 Å². The molecule has 0 atom stereocenters. The van der Waals surface area contributed by atoms with E-state index >= 15 is 0 Å². The van der Waals surface area contributed by atoms with Gasteiger partial charge in [-0.2, -0.15) is 0 Å². The Morgan fingerprint density at radius 2 is 2.07 bits per heavy atom. The lowest BCUT2D eigenvalue weighted by Crippen LogP contribution is -1.96. The van der Waals surface area contributed by atoms with Crippen LogP contribution < -0.4 is 11.2 Å². The number of nitrogens with one attached hydrogen (secondary N) is 2. The summed E-state index contributed by atoms with van der Waals surface area (Å²) >= 11 is 0. The van der Waals surface area contributed by atoms with E-state index in [1.807, 2.05) is 24.3 Å². The predicted octanol–water partition coefficient (Wildman–Crippen LogP) is 1.61. The summed E-state index contributed by atoms with van der Waals surface area (Å²) in [6, 6.07) is 7.44. The minimum Gasteiger partial charge on any atom is -0.404 e. The minimum atomic E-state index is 0.689. The van der Waals surface area contributed by atoms with Crippen molar-refractivity contribution in [1.82, 2.24) is 0 Å². The van der Waals surface area contributed by atoms with E-state index in [0.29, 0.717) is 5.57 Å². The summed E-state index contributed by atoms with van der Waals surface area (Å²) in [5.74, 6) is 0. The van der Waals surface area contributed by atoms with Crippen LogP contribution in [0.15, 0.2) is 30.5 Å². The van der Waals surface area contributed by atoms with Crippen LogP contribution in [0.3, 0.4) is 0 Å². The monoisotopic (exact) mass is 191 g/mol. The van der Waals surface area contributed by atoms with Crippen LogP contribution in [0.2, 0.25) is 0 Å². The lowest BCUT2D eigenvalue weighted by Gasteiger charge is -2.04. The fourth-order valence-electron chi connectivity index (χ4n) is 1.08. The Bertz CT molecular complexity index is 330. The first-order valence-electron chi connectivity index (χ1n) is 4.13. The highest BCUT2D eigenvalue weighted by atomic mass is 16.6. The van der Waals surface area contributed by atoms with E-state index in [1.165, 1.54) is 12.4 Å². The normalized spacial score (nSPS) is 11.1. The van der Waals surface area contributed by atoms with Crippen molar-refractivity contribution in [1.29, 1.82) is 5.41 Å². The van der Waals surface area contributed by atoms with E-state index in [1.54, 1.807) is 7.11 Å². The Hall–Kier alpha value is -1.81. The van der Waals surface area contributed by atoms with Crippen LogP contribution in [0.1, 0.15) is 5.56 Å². The molecule has 0 amide bonds. The molecule has 14 heavy (non-hydrogen) atoms. The zero-order valence-electron chi connectivity index (χ0n) is 7.95. The summed E-state index contributed by atoms with van der Waals surface area (Å²) < 4.78 is 0. The second-order valence-corrected chi connectivity index (χ2v) is 2.65. The van der Waals surface area contributed by atoms with E-state index in [9.17, 15) is 0 Å². The molecule has 1 rings (SSSR count). The summed E-state index contributed by atoms with van der Waals surface area (Å²) in [6.45, 7) is 0. The molecule has 0 heterocycles. The molecule has 0 radical (unpaired) electrons. The van der Waals surface area contributed by atoms with Crippen LogP contribution in [0.5, 0.6) is 0 Å². The summed E-state index contributed by atoms with van der Waals surface area (Å²) in [4.78, 5) is 4.75. The highest BCUT2D eigenvalue weighted by molar-refractivity contribution is 6.08. The lowest BCUT2D eigenvalue weighted by molar-refractivity contribution is 0.271. The van der Waals surface area contributed by atoms with Gasteiger partial charge < -0.3 is 11.1 Å². The molecule has 0 fully saturated rings. The SMILES string of the molecule is CONc1ccc(/C(C=N)=C\N)cc1. The van der Waals surface area contributed by atoms with Gasteiger partial charge in [0.25, 0.3) is 0 Å². The highest BCUT2D eigenvalue weighted by Crippen LogP contribution is 2.14. The molecule has 1 aromatic carbocycles. The second-order valence-electron chi connectivity index (χ2n) is 2.65. The number of hydrogen-bond acceptors (Lipinski definition) is 4. The van der Waals surface area contributed by atoms with Gasteiger partial charge in [0.1, 0.15) is 0 Å². The second kappa shape index (κ2) is 5.04. The molecule has 4 heteroatoms. The highest BCUT2D eigenvalue weighted by Gasteiger charge is 1.97. The predicted molar refractivity (Wildman–Crippen MR) is 58.0 cm³/mol. The molecule has 0 spiro atoms. The third kappa shape index (κ3) is 2.34. The van der Waals surface area contributed by atoms with Crippen LogP contribution in [0, 0.1) is 5.41 Å². The standard InChI is InChI=1S/C10H13N3O/c1-14-13-10-4-2-8(3-5-10)9(6-11)7-12/h2-7,11,13H,12H2,1H3/b9-7-,11-6?. The van der Waals surface area contributed by atoms with Gasteiger partial charge >= 0.3 is 0 Å². The van der Waals surface area contributed by atoms with Crippen molar-refractivity contribution >= 4 is 17.5 Å². The third-order valence-corrected chi connectivity index (χ3v) is 1.77. The lowest BCUT2D eigenvalue weighted by atomic mass is 10.1. The first-order valence-corrected chi connectivity index (χ1v) is 4.13. The number of allylic oxidation sites excluding steroid dienone is 1. The number of nitrogens with two attached hydrogens (primary N) is 1. The molecule has 74 valence electrons. The van der Waals surface area contributed by atoms with E-state index < -0.39 is 0 Å². The fourth-order valence-corrected chi connectivity index (χ4v) is 1.08. The molecule has 0 bridgehead atoms. The number of benzene rings is 1. The van der Waals surface area contributed by atoms with Crippen molar-refractivity contribution < 1.29 is 4.84 Å². The van der Waals surface area contributed by atoms with Crippen LogP contribution >= 0.6 is 0 Å². The van der Waals surface area contributed by atoms with Crippen LogP contribution in [-0.4, -0.2) is 13.3 Å². The van der Waals surface area contributed by atoms with Crippen molar-refractivity contribution in [3.05, 3.63) is 36.0 Å². The molecule has 0 aliphatic heterocycles. The third-order valence-electron chi connectivity index (χ3n) is 1.77. The van der Waals surface area contributed by atoms with Gasteiger partial charge in [-0.05, 0) is 17.7 Å². The van der Waals surface area contributed by atoms with E-state index in [-0.39, 0.29) is 0 Å². The fraction of sp³-hybridized carbons (Fsp3) is 0.100. The molecular formula is C10H13N3O. The quantitative estimate of drug-likeness (QED) is 0.500. The Morgan fingerprint density at radius 1 is 1.43 bits per heavy atom. The molecule has 4 nitrogen and oxygen atoms in total. The Labute approximate surface area is 82.8 Å². The van der Waals surface area contributed by atoms with Crippen molar-refractivity contribution in [2.24, 2.45) is 5.73 Å². The van der Waals surface area contributed by atoms with Gasteiger partial charge in [0.05, 0.1) is 12.8 Å². The molecule has 1 aromatic rings. The van der Waals surface area contributed by atoms with Crippen molar-refractivity contribution in [3.8, 4) is 0 Å². The molecule has 4 N–H and O–H groups in total. The number of rotatable bonds is 4. The zero-order chi connectivity index (χ0) is 10.4. The summed E-state index contributed by atoms with van der Waals surface area (Å²) in [7, 11) is 1.55. The van der Waals surface area contributed by atoms with Gasteiger partial charge in [-0.1, -0.05) is 12.1 Å². The minimum absolute atomic E-state index is 0.689. The van der Waals surface area contributed by atoms with E-state index in [0.717, 1.165) is 11.3 Å². The summed E-state index contributed by atoms with van der Waals surface area (Å²) in [5.41, 5.74) is 10.5. The average molecular weight is 191 g/mol. The maximum Gasteiger partial charge on any atom is 0.0636 e. The summed E-state index contributed by atoms with van der Waals surface area (Å²) in [6.07, 6.45) is 2.63. The van der Waals surface area contributed by atoms with Crippen molar-refractivity contribution in [2.45, 2.75) is 0 Å². The maximum atomic E-state index is 7.12. The number of anilines is 1. The Morgan fingerprint density at radius 3 is 2.50 bits per heavy atom. The largest absolute Gasteiger partial charge is 0.404 e. The van der Waals surface area contributed by atoms with Gasteiger partial charge in [0.2, 0.25) is 0 Å². The maximum absolute atomic E-state index is 7.12. The average Bonchev–Trinajstić information content (AvgIpc) is 2.23. The molecule has 0 aromatic heterocycles. The van der Waals surface area contributed by atoms with E-state index in [2.05, 4.69) is 5.48 Å². The van der Waals surface area contributed by atoms with Gasteiger partial charge in [-0.3, -0.25) is 10.3 Å². The molecule has 0 saturated heterocycles. The van der Waals surface area contributed by atoms with Gasteiger partial charge in [-0.15, -0.1) is 0 Å². The molecule has 0 aliphatic carbocycles. The summed E-state index contributed by atoms with van der Waals surface area (Å²) in [5, 5.41) is 7.12. The molecule has 0 saturated carbocycles. The van der Waals surface area contributed by atoms with Gasteiger partial charge in [0.15, 0.2) is 0 Å². The first-order chi connectivity index (χ1) is 6.81. The smallest absolute Gasteiger partial charge is 0.0636 e. The van der Waals surface area contributed by atoms with Gasteiger partial charge in [-0.25, -0.2) is 0 Å². The van der Waals surface area contributed by atoms with Crippen LogP contribution in [0.4, 0.5) is 5.69 Å². The zero-order valence-corrected chi connectivity index (χ0v) is 7.95. The first kappa shape index (κ1) is 10.3. The van der Waals surface area contributed by atoms with Crippen LogP contribution in [-0.2, 0) is 4.84 Å². The van der Waals surface area contributed by atoms with Crippen LogP contribution in [0.25, 0.3) is 5.57 Å². The number of hydrogen-bond donors (Lipinski definition) is 3. The van der Waals surface area contributed by atoms with Crippen molar-refractivity contribution in [3.63, 3.8) is 0 Å². The Balaban J connectivity index is 2.87.